The monoisotopic (exact) mass is 517 g/mol. The second-order valence-corrected chi connectivity index (χ2v) is 9.23. The molecule has 1 aliphatic rings. The molecule has 0 spiro atoms. The summed E-state index contributed by atoms with van der Waals surface area (Å²) in [5, 5.41) is 11.0. The number of ether oxygens (including phenoxy) is 2. The number of fused-ring (bicyclic) bond motifs is 2. The van der Waals surface area contributed by atoms with E-state index in [4.69, 9.17) is 18.3 Å². The van der Waals surface area contributed by atoms with Crippen molar-refractivity contribution < 1.29 is 28.2 Å². The van der Waals surface area contributed by atoms with Gasteiger partial charge in [0.2, 0.25) is 11.2 Å². The first kappa shape index (κ1) is 25.3. The van der Waals surface area contributed by atoms with Gasteiger partial charge >= 0.3 is 5.97 Å². The quantitative estimate of drug-likeness (QED) is 0.366. The summed E-state index contributed by atoms with van der Waals surface area (Å²) >= 11 is 0. The summed E-state index contributed by atoms with van der Waals surface area (Å²) in [6, 6.07) is 14.2. The predicted molar refractivity (Wildman–Crippen MR) is 138 cm³/mol. The maximum atomic E-state index is 13.5. The lowest BCUT2D eigenvalue weighted by atomic mass is 9.92. The van der Waals surface area contributed by atoms with Gasteiger partial charge in [-0.3, -0.25) is 19.3 Å². The second-order valence-electron chi connectivity index (χ2n) is 9.23. The molecule has 4 aromatic rings. The van der Waals surface area contributed by atoms with Gasteiger partial charge in [-0.05, 0) is 35.7 Å². The van der Waals surface area contributed by atoms with E-state index in [0.717, 1.165) is 13.0 Å². The third-order valence-corrected chi connectivity index (χ3v) is 6.89. The lowest BCUT2D eigenvalue weighted by Crippen LogP contribution is -2.30. The van der Waals surface area contributed by atoms with Crippen LogP contribution in [0.2, 0.25) is 0 Å². The molecule has 38 heavy (non-hydrogen) atoms. The van der Waals surface area contributed by atoms with Crippen LogP contribution in [-0.2, 0) is 29.0 Å². The van der Waals surface area contributed by atoms with Gasteiger partial charge < -0.3 is 23.4 Å². The average Bonchev–Trinajstić information content (AvgIpc) is 2.94. The molecular weight excluding hydrogens is 490 g/mol. The summed E-state index contributed by atoms with van der Waals surface area (Å²) in [7, 11) is 2.69. The van der Waals surface area contributed by atoms with Crippen molar-refractivity contribution in [2.24, 2.45) is 0 Å². The zero-order chi connectivity index (χ0) is 26.8. The van der Waals surface area contributed by atoms with E-state index in [-0.39, 0.29) is 23.1 Å². The van der Waals surface area contributed by atoms with E-state index in [1.54, 1.807) is 12.1 Å². The van der Waals surface area contributed by atoms with Gasteiger partial charge in [0.25, 0.3) is 0 Å². The summed E-state index contributed by atoms with van der Waals surface area (Å²) in [6.45, 7) is 1.75. The number of hydrogen-bond acceptors (Lipinski definition) is 9. The lowest BCUT2D eigenvalue weighted by Gasteiger charge is -2.28. The van der Waals surface area contributed by atoms with E-state index in [9.17, 15) is 19.5 Å². The Morgan fingerprint density at radius 3 is 2.66 bits per heavy atom. The van der Waals surface area contributed by atoms with Crippen LogP contribution in [0.15, 0.2) is 73.2 Å². The van der Waals surface area contributed by atoms with Gasteiger partial charge in [0, 0.05) is 24.7 Å². The Bertz CT molecular complexity index is 1620. The molecule has 2 aromatic carbocycles. The van der Waals surface area contributed by atoms with Crippen molar-refractivity contribution in [3.8, 4) is 11.5 Å². The third-order valence-electron chi connectivity index (χ3n) is 6.89. The van der Waals surface area contributed by atoms with Crippen LogP contribution in [0.25, 0.3) is 11.0 Å². The molecule has 5 rings (SSSR count). The molecule has 0 saturated carbocycles. The molecule has 0 bridgehead atoms. The van der Waals surface area contributed by atoms with Gasteiger partial charge in [0.15, 0.2) is 11.2 Å². The molecule has 0 radical (unpaired) electrons. The number of hydrogen-bond donors (Lipinski definition) is 1. The van der Waals surface area contributed by atoms with Crippen molar-refractivity contribution in [3.05, 3.63) is 103 Å². The number of esters is 1. The Morgan fingerprint density at radius 2 is 1.89 bits per heavy atom. The highest BCUT2D eigenvalue weighted by atomic mass is 16.5. The first-order valence-electron chi connectivity index (χ1n) is 12.2. The topological polar surface area (TPSA) is 119 Å². The molecule has 0 saturated heterocycles. The van der Waals surface area contributed by atoms with Crippen molar-refractivity contribution in [2.45, 2.75) is 31.8 Å². The van der Waals surface area contributed by atoms with Gasteiger partial charge in [0.1, 0.15) is 17.1 Å². The second kappa shape index (κ2) is 10.5. The van der Waals surface area contributed by atoms with Gasteiger partial charge in [0.05, 0.1) is 44.8 Å². The largest absolute Gasteiger partial charge is 0.502 e. The maximum absolute atomic E-state index is 13.5. The van der Waals surface area contributed by atoms with E-state index >= 15 is 0 Å². The molecule has 0 aliphatic carbocycles. The van der Waals surface area contributed by atoms with Crippen molar-refractivity contribution in [2.75, 3.05) is 20.8 Å². The standard InChI is InChI=1S/C29H27NO8/c1-35-19-7-8-25-22(11-19)27(33)23(16-37-25)21(13-26(32)36-2)29-28(34)24(31)12-20(38-29)15-30-10-9-17-5-3-4-6-18(17)14-30/h3-8,11-12,16,21,34H,9-10,13-15H2,1-2H3/t21-/m0/s1. The predicted octanol–water partition coefficient (Wildman–Crippen LogP) is 3.71. The zero-order valence-corrected chi connectivity index (χ0v) is 21.1. The van der Waals surface area contributed by atoms with Crippen LogP contribution < -0.4 is 15.6 Å². The molecule has 1 atom stereocenters. The Labute approximate surface area is 217 Å². The molecule has 0 fully saturated rings. The summed E-state index contributed by atoms with van der Waals surface area (Å²) in [4.78, 5) is 40.8. The van der Waals surface area contributed by atoms with E-state index in [2.05, 4.69) is 17.0 Å². The Balaban J connectivity index is 1.56. The molecule has 9 nitrogen and oxygen atoms in total. The fourth-order valence-electron chi connectivity index (χ4n) is 4.87. The van der Waals surface area contributed by atoms with Crippen LogP contribution in [-0.4, -0.2) is 36.7 Å². The SMILES string of the molecule is COC(=O)C[C@H](c1oc(CN2CCc3ccccc3C2)cc(=O)c1O)c1coc2ccc(OC)cc2c1=O. The number of carbonyl (C=O) groups excluding carboxylic acids is 1. The van der Waals surface area contributed by atoms with Crippen molar-refractivity contribution >= 4 is 16.9 Å². The minimum absolute atomic E-state index is 0.0404. The Kier molecular flexibility index (Phi) is 7.02. The molecule has 2 aromatic heterocycles. The Morgan fingerprint density at radius 1 is 1.11 bits per heavy atom. The minimum Gasteiger partial charge on any atom is -0.502 e. The van der Waals surface area contributed by atoms with Crippen LogP contribution >= 0.6 is 0 Å². The summed E-state index contributed by atoms with van der Waals surface area (Å²) in [6.07, 6.45) is 1.73. The average molecular weight is 518 g/mol. The van der Waals surface area contributed by atoms with Gasteiger partial charge in [-0.1, -0.05) is 24.3 Å². The van der Waals surface area contributed by atoms with Crippen molar-refractivity contribution in [1.82, 2.24) is 4.90 Å². The van der Waals surface area contributed by atoms with Gasteiger partial charge in [-0.25, -0.2) is 0 Å². The number of nitrogens with zero attached hydrogens (tertiary/aromatic N) is 1. The number of benzene rings is 2. The maximum Gasteiger partial charge on any atom is 0.306 e. The van der Waals surface area contributed by atoms with Crippen molar-refractivity contribution in [1.29, 1.82) is 0 Å². The molecule has 0 amide bonds. The molecule has 1 N–H and O–H groups in total. The zero-order valence-electron chi connectivity index (χ0n) is 21.1. The third kappa shape index (κ3) is 4.92. The normalized spacial score (nSPS) is 14.2. The fraction of sp³-hybridized carbons (Fsp3) is 0.276. The van der Waals surface area contributed by atoms with Gasteiger partial charge in [-0.2, -0.15) is 0 Å². The van der Waals surface area contributed by atoms with Crippen LogP contribution in [0, 0.1) is 0 Å². The number of aromatic hydroxyl groups is 1. The Hall–Kier alpha value is -4.37. The highest BCUT2D eigenvalue weighted by Crippen LogP contribution is 2.33. The first-order valence-corrected chi connectivity index (χ1v) is 12.2. The fourth-order valence-corrected chi connectivity index (χ4v) is 4.87. The molecule has 1 aliphatic heterocycles. The number of carbonyl (C=O) groups is 1. The number of rotatable bonds is 7. The van der Waals surface area contributed by atoms with Gasteiger partial charge in [-0.15, -0.1) is 0 Å². The van der Waals surface area contributed by atoms with Crippen LogP contribution in [0.4, 0.5) is 0 Å². The molecule has 9 heteroatoms. The summed E-state index contributed by atoms with van der Waals surface area (Å²) in [5.41, 5.74) is 1.74. The highest BCUT2D eigenvalue weighted by Gasteiger charge is 2.30. The highest BCUT2D eigenvalue weighted by molar-refractivity contribution is 5.79. The van der Waals surface area contributed by atoms with Crippen LogP contribution in [0.1, 0.15) is 40.5 Å². The molecule has 3 heterocycles. The van der Waals surface area contributed by atoms with E-state index in [1.807, 2.05) is 12.1 Å². The summed E-state index contributed by atoms with van der Waals surface area (Å²) in [5.74, 6) is -1.87. The molecule has 196 valence electrons. The molecular formula is C29H27NO8. The van der Waals surface area contributed by atoms with E-state index in [0.29, 0.717) is 30.2 Å². The van der Waals surface area contributed by atoms with E-state index in [1.165, 1.54) is 43.7 Å². The van der Waals surface area contributed by atoms with Crippen LogP contribution in [0.5, 0.6) is 11.5 Å². The van der Waals surface area contributed by atoms with Crippen LogP contribution in [0.3, 0.4) is 0 Å². The van der Waals surface area contributed by atoms with E-state index < -0.39 is 28.5 Å². The smallest absolute Gasteiger partial charge is 0.306 e. The molecule has 0 unspecified atom stereocenters. The minimum atomic E-state index is -1.12. The van der Waals surface area contributed by atoms with Crippen molar-refractivity contribution in [3.63, 3.8) is 0 Å². The summed E-state index contributed by atoms with van der Waals surface area (Å²) < 4.78 is 21.8. The first-order chi connectivity index (χ1) is 18.4. The number of methoxy groups -OCH3 is 2. The lowest BCUT2D eigenvalue weighted by molar-refractivity contribution is -0.140.